The van der Waals surface area contributed by atoms with Gasteiger partial charge in [-0.3, -0.25) is 0 Å². The fourth-order valence-electron chi connectivity index (χ4n) is 2.99. The Kier molecular flexibility index (Phi) is 3.09. The maximum Gasteiger partial charge on any atom is 0.264 e. The first-order valence-corrected chi connectivity index (χ1v) is 6.61. The van der Waals surface area contributed by atoms with Crippen LogP contribution in [0.5, 0.6) is 11.5 Å². The van der Waals surface area contributed by atoms with Crippen molar-refractivity contribution in [1.29, 1.82) is 0 Å². The number of halogens is 2. The standard InChI is InChI=1S/C14H17F2NO2/c15-13(16)9-7-11-12(19-6-5-18-11)8-10(9)14(17)3-1-2-4-14/h7-8,13H,1-6,17H2. The van der Waals surface area contributed by atoms with Crippen LogP contribution in [0.1, 0.15) is 43.2 Å². The van der Waals surface area contributed by atoms with Gasteiger partial charge in [-0.1, -0.05) is 12.8 Å². The highest BCUT2D eigenvalue weighted by molar-refractivity contribution is 5.51. The van der Waals surface area contributed by atoms with Crippen molar-refractivity contribution < 1.29 is 18.3 Å². The summed E-state index contributed by atoms with van der Waals surface area (Å²) >= 11 is 0. The van der Waals surface area contributed by atoms with Crippen LogP contribution >= 0.6 is 0 Å². The molecule has 1 heterocycles. The Morgan fingerprint density at radius 3 is 2.21 bits per heavy atom. The molecule has 0 atom stereocenters. The van der Waals surface area contributed by atoms with Crippen LogP contribution in [0.3, 0.4) is 0 Å². The summed E-state index contributed by atoms with van der Waals surface area (Å²) in [7, 11) is 0. The van der Waals surface area contributed by atoms with Crippen LogP contribution in [0.25, 0.3) is 0 Å². The number of alkyl halides is 2. The molecule has 2 N–H and O–H groups in total. The molecule has 19 heavy (non-hydrogen) atoms. The third-order valence-electron chi connectivity index (χ3n) is 3.98. The molecule has 0 aromatic heterocycles. The maximum atomic E-state index is 13.3. The van der Waals surface area contributed by atoms with Crippen LogP contribution in [0.2, 0.25) is 0 Å². The van der Waals surface area contributed by atoms with Gasteiger partial charge in [-0.15, -0.1) is 0 Å². The normalized spacial score (nSPS) is 20.8. The highest BCUT2D eigenvalue weighted by Gasteiger charge is 2.36. The zero-order chi connectivity index (χ0) is 13.5. The minimum absolute atomic E-state index is 0.0198. The third kappa shape index (κ3) is 2.16. The van der Waals surface area contributed by atoms with Crippen molar-refractivity contribution in [1.82, 2.24) is 0 Å². The van der Waals surface area contributed by atoms with Gasteiger partial charge < -0.3 is 15.2 Å². The summed E-state index contributed by atoms with van der Waals surface area (Å²) in [5, 5.41) is 0. The van der Waals surface area contributed by atoms with E-state index in [-0.39, 0.29) is 5.56 Å². The molecule has 2 aliphatic rings. The monoisotopic (exact) mass is 269 g/mol. The van der Waals surface area contributed by atoms with Gasteiger partial charge in [0, 0.05) is 11.1 Å². The van der Waals surface area contributed by atoms with E-state index in [4.69, 9.17) is 15.2 Å². The molecular weight excluding hydrogens is 252 g/mol. The van der Waals surface area contributed by atoms with E-state index in [9.17, 15) is 8.78 Å². The van der Waals surface area contributed by atoms with Gasteiger partial charge in [-0.05, 0) is 30.5 Å². The molecule has 0 saturated heterocycles. The van der Waals surface area contributed by atoms with Crippen LogP contribution in [0.4, 0.5) is 8.78 Å². The molecule has 1 saturated carbocycles. The van der Waals surface area contributed by atoms with Crippen molar-refractivity contribution in [2.24, 2.45) is 5.73 Å². The van der Waals surface area contributed by atoms with E-state index < -0.39 is 12.0 Å². The topological polar surface area (TPSA) is 44.5 Å². The summed E-state index contributed by atoms with van der Waals surface area (Å²) in [5.74, 6) is 0.925. The first-order valence-electron chi connectivity index (χ1n) is 6.61. The largest absolute Gasteiger partial charge is 0.486 e. The molecule has 1 aromatic rings. The fourth-order valence-corrected chi connectivity index (χ4v) is 2.99. The number of rotatable bonds is 2. The van der Waals surface area contributed by atoms with E-state index in [1.807, 2.05) is 0 Å². The van der Waals surface area contributed by atoms with Gasteiger partial charge in [-0.2, -0.15) is 0 Å². The summed E-state index contributed by atoms with van der Waals surface area (Å²) in [5.41, 5.74) is 6.17. The lowest BCUT2D eigenvalue weighted by atomic mass is 9.85. The molecule has 0 bridgehead atoms. The van der Waals surface area contributed by atoms with E-state index in [0.717, 1.165) is 25.7 Å². The van der Waals surface area contributed by atoms with Crippen molar-refractivity contribution in [2.75, 3.05) is 13.2 Å². The van der Waals surface area contributed by atoms with E-state index in [1.165, 1.54) is 6.07 Å². The van der Waals surface area contributed by atoms with E-state index in [1.54, 1.807) is 6.07 Å². The Hall–Kier alpha value is -1.36. The first kappa shape index (κ1) is 12.7. The Morgan fingerprint density at radius 1 is 1.05 bits per heavy atom. The molecule has 0 spiro atoms. The molecule has 3 nitrogen and oxygen atoms in total. The van der Waals surface area contributed by atoms with Gasteiger partial charge in [0.05, 0.1) is 0 Å². The average Bonchev–Trinajstić information content (AvgIpc) is 2.85. The Balaban J connectivity index is 2.10. The minimum Gasteiger partial charge on any atom is -0.486 e. The van der Waals surface area contributed by atoms with Crippen molar-refractivity contribution in [3.8, 4) is 11.5 Å². The van der Waals surface area contributed by atoms with Gasteiger partial charge in [0.1, 0.15) is 13.2 Å². The highest BCUT2D eigenvalue weighted by Crippen LogP contribution is 2.45. The second kappa shape index (κ2) is 4.63. The van der Waals surface area contributed by atoms with E-state index >= 15 is 0 Å². The molecule has 1 fully saturated rings. The van der Waals surface area contributed by atoms with Crippen molar-refractivity contribution in [2.45, 2.75) is 37.6 Å². The van der Waals surface area contributed by atoms with Gasteiger partial charge in [0.2, 0.25) is 0 Å². The Morgan fingerprint density at radius 2 is 1.63 bits per heavy atom. The van der Waals surface area contributed by atoms with Crippen LogP contribution in [-0.2, 0) is 5.54 Å². The zero-order valence-electron chi connectivity index (χ0n) is 10.6. The number of hydrogen-bond acceptors (Lipinski definition) is 3. The molecule has 104 valence electrons. The lowest BCUT2D eigenvalue weighted by molar-refractivity contribution is 0.143. The minimum atomic E-state index is -2.55. The fraction of sp³-hybridized carbons (Fsp3) is 0.571. The number of hydrogen-bond donors (Lipinski definition) is 1. The molecular formula is C14H17F2NO2. The quantitative estimate of drug-likeness (QED) is 0.897. The second-order valence-corrected chi connectivity index (χ2v) is 5.25. The van der Waals surface area contributed by atoms with Crippen LogP contribution in [0, 0.1) is 0 Å². The number of ether oxygens (including phenoxy) is 2. The summed E-state index contributed by atoms with van der Waals surface area (Å²) in [6.07, 6.45) is 0.895. The number of nitrogens with two attached hydrogens (primary N) is 1. The second-order valence-electron chi connectivity index (χ2n) is 5.25. The molecule has 0 radical (unpaired) electrons. The van der Waals surface area contributed by atoms with Crippen LogP contribution in [0.15, 0.2) is 12.1 Å². The number of fused-ring (bicyclic) bond motifs is 1. The predicted octanol–water partition coefficient (Wildman–Crippen LogP) is 3.12. The zero-order valence-corrected chi connectivity index (χ0v) is 10.6. The molecule has 1 aromatic carbocycles. The molecule has 1 aliphatic heterocycles. The van der Waals surface area contributed by atoms with Gasteiger partial charge in [0.25, 0.3) is 6.43 Å². The first-order chi connectivity index (χ1) is 9.10. The number of benzene rings is 1. The van der Waals surface area contributed by atoms with Gasteiger partial charge >= 0.3 is 0 Å². The third-order valence-corrected chi connectivity index (χ3v) is 3.98. The SMILES string of the molecule is NC1(c2cc3c(cc2C(F)F)OCCO3)CCCC1. The van der Waals surface area contributed by atoms with E-state index in [0.29, 0.717) is 30.3 Å². The summed E-state index contributed by atoms with van der Waals surface area (Å²) in [6.45, 7) is 0.834. The lowest BCUT2D eigenvalue weighted by Gasteiger charge is -2.29. The van der Waals surface area contributed by atoms with Gasteiger partial charge in [-0.25, -0.2) is 8.78 Å². The van der Waals surface area contributed by atoms with Gasteiger partial charge in [0.15, 0.2) is 11.5 Å². The molecule has 0 amide bonds. The highest BCUT2D eigenvalue weighted by atomic mass is 19.3. The van der Waals surface area contributed by atoms with Crippen LogP contribution < -0.4 is 15.2 Å². The lowest BCUT2D eigenvalue weighted by Crippen LogP contribution is -2.34. The van der Waals surface area contributed by atoms with Crippen molar-refractivity contribution in [3.05, 3.63) is 23.3 Å². The summed E-state index contributed by atoms with van der Waals surface area (Å²) in [6, 6.07) is 3.04. The molecule has 5 heteroatoms. The van der Waals surface area contributed by atoms with Crippen molar-refractivity contribution in [3.63, 3.8) is 0 Å². The maximum absolute atomic E-state index is 13.3. The average molecular weight is 269 g/mol. The smallest absolute Gasteiger partial charge is 0.264 e. The summed E-state index contributed by atoms with van der Waals surface area (Å²) < 4.78 is 37.4. The predicted molar refractivity (Wildman–Crippen MR) is 66.7 cm³/mol. The Labute approximate surface area is 110 Å². The van der Waals surface area contributed by atoms with E-state index in [2.05, 4.69) is 0 Å². The van der Waals surface area contributed by atoms with Crippen LogP contribution in [-0.4, -0.2) is 13.2 Å². The molecule has 1 aliphatic carbocycles. The molecule has 3 rings (SSSR count). The summed E-state index contributed by atoms with van der Waals surface area (Å²) in [4.78, 5) is 0. The molecule has 0 unspecified atom stereocenters. The Bertz CT molecular complexity index is 485. The van der Waals surface area contributed by atoms with Crippen molar-refractivity contribution >= 4 is 0 Å².